The van der Waals surface area contributed by atoms with E-state index < -0.39 is 12.1 Å². The van der Waals surface area contributed by atoms with Crippen molar-refractivity contribution in [2.24, 2.45) is 0 Å². The molecule has 2 aliphatic rings. The summed E-state index contributed by atoms with van der Waals surface area (Å²) in [6.45, 7) is 3.78. The molecular formula is C22H19N5O3S. The minimum Gasteiger partial charge on any atom is -0.304 e. The molecule has 9 heteroatoms. The smallest absolute Gasteiger partial charge is 0.260 e. The van der Waals surface area contributed by atoms with Gasteiger partial charge in [0.25, 0.3) is 11.8 Å². The standard InChI is InChI=1S/C22H19N5O3S/c1-12(2)18-24-25-22(31-18)23-17(28)11-26-19-13-7-3-4-8-14(13)21(30)27(19)16-10-6-5-9-15(16)20(26)29/h3-10,12,19H,11H2,1-2H3,(H,23,25,28)/t19-/m1/s1. The van der Waals surface area contributed by atoms with Crippen LogP contribution in [0.3, 0.4) is 0 Å². The van der Waals surface area contributed by atoms with E-state index in [0.717, 1.165) is 5.01 Å². The number of benzene rings is 2. The maximum atomic E-state index is 13.3. The second-order valence-corrected chi connectivity index (χ2v) is 8.74. The zero-order valence-electron chi connectivity index (χ0n) is 16.9. The van der Waals surface area contributed by atoms with E-state index in [0.29, 0.717) is 27.5 Å². The van der Waals surface area contributed by atoms with Crippen LogP contribution in [0.2, 0.25) is 0 Å². The van der Waals surface area contributed by atoms with Crippen LogP contribution in [0.4, 0.5) is 10.8 Å². The number of para-hydroxylation sites is 1. The van der Waals surface area contributed by atoms with Crippen LogP contribution in [-0.2, 0) is 4.79 Å². The fourth-order valence-corrected chi connectivity index (χ4v) is 4.73. The van der Waals surface area contributed by atoms with Gasteiger partial charge in [0.1, 0.15) is 17.7 Å². The first kappa shape index (κ1) is 19.4. The number of rotatable bonds is 4. The van der Waals surface area contributed by atoms with Crippen LogP contribution in [0.25, 0.3) is 0 Å². The lowest BCUT2D eigenvalue weighted by molar-refractivity contribution is -0.117. The summed E-state index contributed by atoms with van der Waals surface area (Å²) < 4.78 is 0. The van der Waals surface area contributed by atoms with Crippen molar-refractivity contribution in [1.82, 2.24) is 15.1 Å². The van der Waals surface area contributed by atoms with Crippen LogP contribution < -0.4 is 10.2 Å². The molecule has 31 heavy (non-hydrogen) atoms. The van der Waals surface area contributed by atoms with Crippen molar-refractivity contribution in [2.75, 3.05) is 16.8 Å². The van der Waals surface area contributed by atoms with Gasteiger partial charge in [0.05, 0.1) is 11.3 Å². The molecule has 0 saturated heterocycles. The van der Waals surface area contributed by atoms with Gasteiger partial charge in [0.2, 0.25) is 11.0 Å². The van der Waals surface area contributed by atoms with Crippen LogP contribution in [0.15, 0.2) is 48.5 Å². The number of anilines is 2. The average molecular weight is 433 g/mol. The van der Waals surface area contributed by atoms with Crippen LogP contribution >= 0.6 is 11.3 Å². The van der Waals surface area contributed by atoms with Crippen molar-refractivity contribution in [3.05, 3.63) is 70.2 Å². The number of nitrogens with zero attached hydrogens (tertiary/aromatic N) is 4. The molecule has 2 aliphatic heterocycles. The Labute approximate surface area is 182 Å². The SMILES string of the molecule is CC(C)c1nnc(NC(=O)CN2C(=O)c3ccccc3N3C(=O)c4ccccc4[C@H]23)s1. The summed E-state index contributed by atoms with van der Waals surface area (Å²) in [5.41, 5.74) is 2.20. The first-order valence-electron chi connectivity index (χ1n) is 9.91. The van der Waals surface area contributed by atoms with Crippen molar-refractivity contribution in [1.29, 1.82) is 0 Å². The maximum Gasteiger partial charge on any atom is 0.260 e. The van der Waals surface area contributed by atoms with Crippen molar-refractivity contribution >= 4 is 39.9 Å². The summed E-state index contributed by atoms with van der Waals surface area (Å²) in [6, 6.07) is 14.2. The molecule has 3 heterocycles. The van der Waals surface area contributed by atoms with Crippen molar-refractivity contribution < 1.29 is 14.4 Å². The summed E-state index contributed by atoms with van der Waals surface area (Å²) >= 11 is 1.31. The molecule has 3 aromatic rings. The Bertz CT molecular complexity index is 1220. The molecule has 0 unspecified atom stereocenters. The summed E-state index contributed by atoms with van der Waals surface area (Å²) in [5.74, 6) is -0.665. The number of aromatic nitrogens is 2. The number of amides is 3. The summed E-state index contributed by atoms with van der Waals surface area (Å²) in [5, 5.41) is 12.0. The fourth-order valence-electron chi connectivity index (χ4n) is 3.97. The topological polar surface area (TPSA) is 95.5 Å². The molecule has 0 spiro atoms. The van der Waals surface area contributed by atoms with Gasteiger partial charge in [-0.2, -0.15) is 0 Å². The molecule has 3 amide bonds. The Morgan fingerprint density at radius 3 is 2.48 bits per heavy atom. The van der Waals surface area contributed by atoms with E-state index in [2.05, 4.69) is 15.5 Å². The highest BCUT2D eigenvalue weighted by Crippen LogP contribution is 2.44. The lowest BCUT2D eigenvalue weighted by Crippen LogP contribution is -2.50. The second kappa shape index (κ2) is 7.28. The predicted octanol–water partition coefficient (Wildman–Crippen LogP) is 3.42. The van der Waals surface area contributed by atoms with Gasteiger partial charge >= 0.3 is 0 Å². The Morgan fingerprint density at radius 1 is 1.03 bits per heavy atom. The Hall–Kier alpha value is -3.59. The van der Waals surface area contributed by atoms with Gasteiger partial charge in [-0.15, -0.1) is 10.2 Å². The monoisotopic (exact) mass is 433 g/mol. The average Bonchev–Trinajstić information content (AvgIpc) is 3.34. The van der Waals surface area contributed by atoms with Gasteiger partial charge in [-0.25, -0.2) is 0 Å². The summed E-state index contributed by atoms with van der Waals surface area (Å²) in [7, 11) is 0. The normalized spacial score (nSPS) is 16.9. The Balaban J connectivity index is 1.49. The number of hydrogen-bond donors (Lipinski definition) is 1. The van der Waals surface area contributed by atoms with Gasteiger partial charge in [0, 0.05) is 17.0 Å². The zero-order chi connectivity index (χ0) is 21.7. The minimum absolute atomic E-state index is 0.184. The van der Waals surface area contributed by atoms with E-state index in [1.807, 2.05) is 26.0 Å². The van der Waals surface area contributed by atoms with E-state index in [4.69, 9.17) is 0 Å². The van der Waals surface area contributed by atoms with Crippen molar-refractivity contribution in [3.63, 3.8) is 0 Å². The molecule has 8 nitrogen and oxygen atoms in total. The van der Waals surface area contributed by atoms with Crippen molar-refractivity contribution in [2.45, 2.75) is 25.9 Å². The number of carbonyl (C=O) groups is 3. The molecule has 156 valence electrons. The molecule has 2 aromatic carbocycles. The Kier molecular flexibility index (Phi) is 4.55. The third-order valence-electron chi connectivity index (χ3n) is 5.38. The molecule has 5 rings (SSSR count). The minimum atomic E-state index is -0.669. The van der Waals surface area contributed by atoms with Gasteiger partial charge in [-0.1, -0.05) is 55.5 Å². The molecule has 0 fully saturated rings. The second-order valence-electron chi connectivity index (χ2n) is 7.73. The van der Waals surface area contributed by atoms with E-state index in [9.17, 15) is 14.4 Å². The van der Waals surface area contributed by atoms with E-state index >= 15 is 0 Å². The third-order valence-corrected chi connectivity index (χ3v) is 6.52. The highest BCUT2D eigenvalue weighted by atomic mass is 32.1. The zero-order valence-corrected chi connectivity index (χ0v) is 17.7. The predicted molar refractivity (Wildman–Crippen MR) is 116 cm³/mol. The third kappa shape index (κ3) is 3.09. The molecule has 1 aromatic heterocycles. The highest BCUT2D eigenvalue weighted by molar-refractivity contribution is 7.15. The number of hydrogen-bond acceptors (Lipinski definition) is 6. The molecule has 1 N–H and O–H groups in total. The van der Waals surface area contributed by atoms with Gasteiger partial charge in [-0.05, 0) is 18.2 Å². The first-order chi connectivity index (χ1) is 15.0. The maximum absolute atomic E-state index is 13.3. The summed E-state index contributed by atoms with van der Waals surface area (Å²) in [4.78, 5) is 42.4. The number of nitrogens with one attached hydrogen (secondary N) is 1. The largest absolute Gasteiger partial charge is 0.304 e. The van der Waals surface area contributed by atoms with Crippen molar-refractivity contribution in [3.8, 4) is 0 Å². The first-order valence-corrected chi connectivity index (χ1v) is 10.7. The van der Waals surface area contributed by atoms with Crippen LogP contribution in [0.1, 0.15) is 57.2 Å². The number of fused-ring (bicyclic) bond motifs is 5. The van der Waals surface area contributed by atoms with Gasteiger partial charge in [0.15, 0.2) is 0 Å². The Morgan fingerprint density at radius 2 is 1.74 bits per heavy atom. The molecular weight excluding hydrogens is 414 g/mol. The van der Waals surface area contributed by atoms with Crippen LogP contribution in [0.5, 0.6) is 0 Å². The molecule has 0 bridgehead atoms. The van der Waals surface area contributed by atoms with E-state index in [1.165, 1.54) is 16.2 Å². The van der Waals surface area contributed by atoms with Crippen LogP contribution in [-0.4, -0.2) is 39.4 Å². The molecule has 1 atom stereocenters. The lowest BCUT2D eigenvalue weighted by atomic mass is 10.0. The molecule has 0 aliphatic carbocycles. The molecule has 0 radical (unpaired) electrons. The van der Waals surface area contributed by atoms with Crippen LogP contribution in [0, 0.1) is 0 Å². The van der Waals surface area contributed by atoms with E-state index in [-0.39, 0.29) is 24.3 Å². The quantitative estimate of drug-likeness (QED) is 0.680. The lowest BCUT2D eigenvalue weighted by Gasteiger charge is -2.40. The molecule has 0 saturated carbocycles. The van der Waals surface area contributed by atoms with Gasteiger partial charge in [-0.3, -0.25) is 24.6 Å². The fraction of sp³-hybridized carbons (Fsp3) is 0.227. The summed E-state index contributed by atoms with van der Waals surface area (Å²) in [6.07, 6.45) is -0.669. The van der Waals surface area contributed by atoms with Gasteiger partial charge < -0.3 is 4.90 Å². The highest BCUT2D eigenvalue weighted by Gasteiger charge is 2.48. The van der Waals surface area contributed by atoms with E-state index in [1.54, 1.807) is 41.3 Å². The number of carbonyl (C=O) groups excluding carboxylic acids is 3.